The van der Waals surface area contributed by atoms with Gasteiger partial charge in [0.25, 0.3) is 0 Å². The van der Waals surface area contributed by atoms with Crippen molar-refractivity contribution in [1.82, 2.24) is 0 Å². The number of nitrogens with zero attached hydrogens (tertiary/aromatic N) is 1. The molecule has 3 atom stereocenters. The number of ether oxygens (including phenoxy) is 1. The van der Waals surface area contributed by atoms with Gasteiger partial charge in [-0.25, -0.2) is 10.9 Å². The zero-order valence-corrected chi connectivity index (χ0v) is 11.3. The summed E-state index contributed by atoms with van der Waals surface area (Å²) in [7, 11) is 0.0270. The predicted molar refractivity (Wildman–Crippen MR) is 74.0 cm³/mol. The largest absolute Gasteiger partial charge is 0.377 e. The summed E-state index contributed by atoms with van der Waals surface area (Å²) < 4.78 is 5.68. The number of thiol groups is 1. The fourth-order valence-corrected chi connectivity index (χ4v) is 5.35. The van der Waals surface area contributed by atoms with Crippen LogP contribution in [-0.2, 0) is 4.74 Å². The summed E-state index contributed by atoms with van der Waals surface area (Å²) in [5, 5.41) is 2.26. The normalized spacial score (nSPS) is 39.0. The Balaban J connectivity index is 2.09. The van der Waals surface area contributed by atoms with Crippen LogP contribution in [0.4, 0.5) is 0 Å². The Kier molecular flexibility index (Phi) is 4.09. The monoisotopic (exact) mass is 241 g/mol. The van der Waals surface area contributed by atoms with Crippen molar-refractivity contribution in [1.29, 1.82) is 0 Å². The van der Waals surface area contributed by atoms with Crippen LogP contribution in [0.2, 0.25) is 0 Å². The first kappa shape index (κ1) is 12.2. The quantitative estimate of drug-likeness (QED) is 0.511. The van der Waals surface area contributed by atoms with Crippen LogP contribution in [0.5, 0.6) is 0 Å². The number of rotatable bonds is 0. The summed E-state index contributed by atoms with van der Waals surface area (Å²) in [6, 6.07) is 0. The fraction of sp³-hybridized carbons (Fsp3) is 0.769. The Morgan fingerprint density at radius 2 is 2.19 bits per heavy atom. The molecule has 1 fully saturated rings. The predicted octanol–water partition coefficient (Wildman–Crippen LogP) is 2.79. The van der Waals surface area contributed by atoms with Crippen LogP contribution in [-0.4, -0.2) is 35.8 Å². The van der Waals surface area contributed by atoms with Gasteiger partial charge in [0.15, 0.2) is 0 Å². The average molecular weight is 241 g/mol. The highest BCUT2D eigenvalue weighted by Crippen LogP contribution is 2.42. The Hall–Kier alpha value is -0.280. The van der Waals surface area contributed by atoms with Crippen LogP contribution < -0.4 is 0 Å². The van der Waals surface area contributed by atoms with Crippen molar-refractivity contribution in [2.75, 3.05) is 25.5 Å². The van der Waals surface area contributed by atoms with E-state index in [1.54, 1.807) is 0 Å². The van der Waals surface area contributed by atoms with Crippen molar-refractivity contribution in [2.24, 2.45) is 10.9 Å². The van der Waals surface area contributed by atoms with Crippen molar-refractivity contribution >= 4 is 15.9 Å². The zero-order chi connectivity index (χ0) is 11.5. The second-order valence-electron chi connectivity index (χ2n) is 5.12. The number of aliphatic imine (C=N–C) groups is 1. The highest BCUT2D eigenvalue weighted by molar-refractivity contribution is 8.30. The van der Waals surface area contributed by atoms with Crippen LogP contribution in [0.15, 0.2) is 17.1 Å². The van der Waals surface area contributed by atoms with Gasteiger partial charge in [-0.3, -0.25) is 4.99 Å². The standard InChI is InChI=1S/C13H23NOS/c1-10-6-12(3)16-5-4-14-13(16)7-11(2)9-15-8-10/h11-12,16H,1,4-9H2,2-3H3. The molecule has 2 aliphatic rings. The van der Waals surface area contributed by atoms with Crippen molar-refractivity contribution in [3.8, 4) is 0 Å². The van der Waals surface area contributed by atoms with Gasteiger partial charge in [0, 0.05) is 18.2 Å². The minimum Gasteiger partial charge on any atom is -0.377 e. The molecule has 3 heteroatoms. The van der Waals surface area contributed by atoms with Gasteiger partial charge in [0.05, 0.1) is 6.61 Å². The Bertz CT molecular complexity index is 300. The SMILES string of the molecule is C=C1COCC(C)CC2=NCC[SH]2C(C)C1. The molecule has 0 saturated carbocycles. The van der Waals surface area contributed by atoms with Gasteiger partial charge in [-0.15, -0.1) is 0 Å². The van der Waals surface area contributed by atoms with Gasteiger partial charge in [-0.2, -0.15) is 0 Å². The Morgan fingerprint density at radius 3 is 3.00 bits per heavy atom. The number of hydrogen-bond acceptors (Lipinski definition) is 2. The Labute approximate surface area is 102 Å². The molecule has 2 rings (SSSR count). The molecule has 2 nitrogen and oxygen atoms in total. The molecule has 0 bridgehead atoms. The molecule has 0 spiro atoms. The maximum absolute atomic E-state index is 5.68. The highest BCUT2D eigenvalue weighted by Gasteiger charge is 2.25. The summed E-state index contributed by atoms with van der Waals surface area (Å²) in [6.07, 6.45) is 2.28. The van der Waals surface area contributed by atoms with E-state index >= 15 is 0 Å². The molecule has 3 unspecified atom stereocenters. The summed E-state index contributed by atoms with van der Waals surface area (Å²) >= 11 is 0. The van der Waals surface area contributed by atoms with Crippen molar-refractivity contribution in [3.05, 3.63) is 12.2 Å². The van der Waals surface area contributed by atoms with Crippen molar-refractivity contribution in [2.45, 2.75) is 31.9 Å². The average Bonchev–Trinajstić information content (AvgIpc) is 2.64. The molecule has 0 radical (unpaired) electrons. The topological polar surface area (TPSA) is 21.6 Å². The van der Waals surface area contributed by atoms with Crippen LogP contribution >= 0.6 is 10.9 Å². The molecule has 0 aliphatic carbocycles. The molecule has 2 heterocycles. The maximum atomic E-state index is 5.68. The van der Waals surface area contributed by atoms with Crippen molar-refractivity contribution in [3.63, 3.8) is 0 Å². The van der Waals surface area contributed by atoms with Crippen LogP contribution in [0.1, 0.15) is 26.7 Å². The van der Waals surface area contributed by atoms with E-state index in [9.17, 15) is 0 Å². The van der Waals surface area contributed by atoms with E-state index in [1.165, 1.54) is 16.4 Å². The lowest BCUT2D eigenvalue weighted by Gasteiger charge is -2.29. The van der Waals surface area contributed by atoms with E-state index in [2.05, 4.69) is 20.4 Å². The molecule has 0 aromatic heterocycles. The minimum atomic E-state index is 0.0270. The second-order valence-corrected chi connectivity index (χ2v) is 7.90. The first-order valence-electron chi connectivity index (χ1n) is 6.21. The molecule has 1 saturated heterocycles. The number of fused-ring (bicyclic) bond motifs is 1. The Morgan fingerprint density at radius 1 is 1.38 bits per heavy atom. The smallest absolute Gasteiger partial charge is 0.0674 e. The third kappa shape index (κ3) is 2.89. The highest BCUT2D eigenvalue weighted by atomic mass is 32.2. The molecular formula is C13H23NOS. The van der Waals surface area contributed by atoms with E-state index in [4.69, 9.17) is 9.73 Å². The molecule has 0 amide bonds. The van der Waals surface area contributed by atoms with Gasteiger partial charge < -0.3 is 4.74 Å². The molecule has 92 valence electrons. The lowest BCUT2D eigenvalue weighted by atomic mass is 10.1. The molecule has 0 N–H and O–H groups in total. The molecular weight excluding hydrogens is 218 g/mol. The molecule has 0 aromatic rings. The van der Waals surface area contributed by atoms with Gasteiger partial charge in [0.2, 0.25) is 0 Å². The van der Waals surface area contributed by atoms with Crippen LogP contribution in [0.25, 0.3) is 0 Å². The van der Waals surface area contributed by atoms with E-state index in [-0.39, 0.29) is 10.9 Å². The zero-order valence-electron chi connectivity index (χ0n) is 10.4. The lowest BCUT2D eigenvalue weighted by molar-refractivity contribution is 0.124. The summed E-state index contributed by atoms with van der Waals surface area (Å²) in [4.78, 5) is 4.72. The van der Waals surface area contributed by atoms with Gasteiger partial charge in [0.1, 0.15) is 0 Å². The minimum absolute atomic E-state index is 0.0270. The molecule has 2 aliphatic heterocycles. The van der Waals surface area contributed by atoms with E-state index in [0.717, 1.165) is 37.9 Å². The summed E-state index contributed by atoms with van der Waals surface area (Å²) in [5.74, 6) is 1.92. The second kappa shape index (κ2) is 5.37. The van der Waals surface area contributed by atoms with Gasteiger partial charge in [-0.05, 0) is 29.8 Å². The first-order valence-corrected chi connectivity index (χ1v) is 7.80. The molecule has 16 heavy (non-hydrogen) atoms. The van der Waals surface area contributed by atoms with Gasteiger partial charge >= 0.3 is 0 Å². The first-order chi connectivity index (χ1) is 7.66. The van der Waals surface area contributed by atoms with E-state index < -0.39 is 0 Å². The summed E-state index contributed by atoms with van der Waals surface area (Å²) in [5.41, 5.74) is 1.26. The van der Waals surface area contributed by atoms with E-state index in [1.807, 2.05) is 0 Å². The maximum Gasteiger partial charge on any atom is 0.0674 e. The summed E-state index contributed by atoms with van der Waals surface area (Å²) in [6.45, 7) is 11.4. The number of hydrogen-bond donors (Lipinski definition) is 1. The van der Waals surface area contributed by atoms with E-state index in [0.29, 0.717) is 5.92 Å². The third-order valence-corrected chi connectivity index (χ3v) is 6.24. The molecule has 0 aromatic carbocycles. The van der Waals surface area contributed by atoms with Crippen molar-refractivity contribution < 1.29 is 4.74 Å². The van der Waals surface area contributed by atoms with Crippen LogP contribution in [0, 0.1) is 5.92 Å². The fourth-order valence-electron chi connectivity index (χ4n) is 2.53. The lowest BCUT2D eigenvalue weighted by Crippen LogP contribution is -2.19. The third-order valence-electron chi connectivity index (χ3n) is 3.32. The van der Waals surface area contributed by atoms with Gasteiger partial charge in [-0.1, -0.05) is 26.0 Å². The van der Waals surface area contributed by atoms with Crippen LogP contribution in [0.3, 0.4) is 0 Å².